The first kappa shape index (κ1) is 61.9. The quantitative estimate of drug-likeness (QED) is 0.0306. The van der Waals surface area contributed by atoms with Crippen LogP contribution in [0.4, 0.5) is 0 Å². The van der Waals surface area contributed by atoms with E-state index in [1.165, 1.54) is 5.57 Å². The number of fused-ring (bicyclic) bond motifs is 10. The van der Waals surface area contributed by atoms with Gasteiger partial charge in [-0.3, -0.25) is 19.4 Å². The van der Waals surface area contributed by atoms with Crippen molar-refractivity contribution in [3.63, 3.8) is 0 Å². The molecule has 8 aliphatic carbocycles. The number of nitrogens with zero attached hydrogens (tertiary/aromatic N) is 1. The summed E-state index contributed by atoms with van der Waals surface area (Å²) in [4.78, 5) is 53.0. The standard InChI is InChI=1S/C68H93N5O11S2/c1-37-11-12-39-15-18-48-43(33-74)28-55(78)65(2,82)62-41(8-6-7-40(27-50(48)49(39)25-37)51-34-84-63(81)56(51)42-20-23-71-31-42)29-68(83)58-53(19-21-66(62,68)22-24-72-64(69)70)67(45-9-4-3-5-10-45)30-54(77)60(79)52-36-86-85-35-44(38-13-16-46(75)17-14-38)26-47(76)32-73-59(58)61(80)57(52)67/h13-17,20,23,31,37,40-41,43-45,48-57,60,62,71,73-75,77-79,82-83H,3-5,8-12,18-19,21-22,24-30,32-36H2,1-2H3,(H4,69,70,72). The Morgan fingerprint density at radius 2 is 1.69 bits per heavy atom. The molecule has 2 aromatic rings. The molecule has 1 aromatic carbocycles. The lowest BCUT2D eigenvalue weighted by Crippen LogP contribution is -2.69. The minimum absolute atomic E-state index is 0.0221. The second-order valence-corrected chi connectivity index (χ2v) is 31.1. The van der Waals surface area contributed by atoms with Gasteiger partial charge in [0.05, 0.1) is 54.3 Å². The average molecular weight is 1220 g/mol. The number of ketones is 2. The van der Waals surface area contributed by atoms with E-state index in [2.05, 4.69) is 40.1 Å². The van der Waals surface area contributed by atoms with Crippen LogP contribution < -0.4 is 16.8 Å². The number of aromatic nitrogens is 1. The number of aliphatic hydroxyl groups is 6. The summed E-state index contributed by atoms with van der Waals surface area (Å²) in [5.74, 6) is 2.97. The van der Waals surface area contributed by atoms with E-state index in [0.717, 1.165) is 62.5 Å². The monoisotopic (exact) mass is 1220 g/mol. The van der Waals surface area contributed by atoms with E-state index in [4.69, 9.17) is 16.2 Å². The largest absolute Gasteiger partial charge is 0.508 e. The summed E-state index contributed by atoms with van der Waals surface area (Å²) in [6, 6.07) is 8.82. The predicted octanol–water partition coefficient (Wildman–Crippen LogP) is 7.42. The maximum Gasteiger partial charge on any atom is 0.313 e. The molecule has 13 N–H and O–H groups in total. The fourth-order valence-electron chi connectivity index (χ4n) is 20.6. The molecule has 3 heterocycles. The SMILES string of the molecule is CC1CCC2=CCC3C(CO)CC(O)C(C)(O)C4C(CC#CC(C5COC(=O)C5c5cc[nH]c5)CC3C2C1)CC1(O)C2=C3NCC(=O)CC(c5ccc(O)cc5)CSSCC5C(O)C(O)CC(C6CCCCC6)(C2CCC41CCN=C(N)N)C5C3=O. The molecule has 2 aliphatic heterocycles. The first-order valence-electron chi connectivity index (χ1n) is 32.5. The first-order valence-corrected chi connectivity index (χ1v) is 35.0. The molecule has 0 spiro atoms. The number of rotatable bonds is 8. The first-order chi connectivity index (χ1) is 41.3. The van der Waals surface area contributed by atoms with E-state index in [9.17, 15) is 40.2 Å². The average Bonchev–Trinajstić information content (AvgIpc) is 1.32. The number of aromatic hydroxyl groups is 1. The molecule has 2 saturated heterocycles. The summed E-state index contributed by atoms with van der Waals surface area (Å²) in [7, 11) is 3.13. The number of phenols is 1. The number of ether oxygens (including phenoxy) is 1. The number of phenolic OH excluding ortho intramolecular Hbond substituents is 1. The molecular formula is C68H93N5O11S2. The van der Waals surface area contributed by atoms with Crippen LogP contribution in [0.3, 0.4) is 0 Å². The van der Waals surface area contributed by atoms with Gasteiger partial charge >= 0.3 is 5.97 Å². The van der Waals surface area contributed by atoms with Gasteiger partial charge in [-0.15, -0.1) is 5.92 Å². The Hall–Kier alpha value is -4.32. The smallest absolute Gasteiger partial charge is 0.313 e. The van der Waals surface area contributed by atoms with E-state index in [-0.39, 0.29) is 141 Å². The molecule has 16 nitrogen and oxygen atoms in total. The maximum absolute atomic E-state index is 16.6. The predicted molar refractivity (Wildman–Crippen MR) is 332 cm³/mol. The lowest BCUT2D eigenvalue weighted by atomic mass is 9.39. The third-order valence-electron chi connectivity index (χ3n) is 24.3. The number of H-pyrrole nitrogens is 1. The van der Waals surface area contributed by atoms with Crippen molar-refractivity contribution in [2.24, 2.45) is 104 Å². The van der Waals surface area contributed by atoms with Crippen molar-refractivity contribution in [1.29, 1.82) is 0 Å². The molecule has 2 bridgehead atoms. The minimum atomic E-state index is -1.94. The van der Waals surface area contributed by atoms with Gasteiger partial charge in [-0.2, -0.15) is 0 Å². The van der Waals surface area contributed by atoms with Crippen LogP contribution in [0.1, 0.15) is 152 Å². The van der Waals surface area contributed by atoms with Gasteiger partial charge in [0, 0.05) is 90.8 Å². The number of carbonyl (C=O) groups is 3. The molecule has 12 rings (SSSR count). The van der Waals surface area contributed by atoms with E-state index in [0.29, 0.717) is 48.7 Å². The number of Topliss-reactive ketones (excluding diaryl/α,β-unsaturated/α-hetero) is 2. The lowest BCUT2D eigenvalue weighted by Gasteiger charge is -2.66. The van der Waals surface area contributed by atoms with Crippen molar-refractivity contribution in [1.82, 2.24) is 10.3 Å². The topological polar surface area (TPSA) is 294 Å². The van der Waals surface area contributed by atoms with Crippen molar-refractivity contribution in [2.75, 3.05) is 37.8 Å². The number of allylic oxidation sites excluding steroid dienone is 3. The fourth-order valence-corrected chi connectivity index (χ4v) is 23.4. The number of cyclic esters (lactones) is 1. The summed E-state index contributed by atoms with van der Waals surface area (Å²) < 4.78 is 5.98. The molecule has 5 saturated carbocycles. The van der Waals surface area contributed by atoms with Crippen LogP contribution in [0.15, 0.2) is 70.6 Å². The van der Waals surface area contributed by atoms with Gasteiger partial charge in [0.2, 0.25) is 0 Å². The summed E-state index contributed by atoms with van der Waals surface area (Å²) in [5.41, 5.74) is 9.97. The van der Waals surface area contributed by atoms with Crippen LogP contribution in [0.25, 0.3) is 0 Å². The Morgan fingerprint density at radius 3 is 2.43 bits per heavy atom. The van der Waals surface area contributed by atoms with Gasteiger partial charge in [0.1, 0.15) is 5.75 Å². The number of aliphatic imine (C=N–C) groups is 1. The van der Waals surface area contributed by atoms with E-state index >= 15 is 9.90 Å². The van der Waals surface area contributed by atoms with Gasteiger partial charge in [0.25, 0.3) is 0 Å². The lowest BCUT2D eigenvalue weighted by molar-refractivity contribution is -0.205. The van der Waals surface area contributed by atoms with Crippen LogP contribution in [-0.4, -0.2) is 132 Å². The molecule has 468 valence electrons. The number of aromatic amines is 1. The van der Waals surface area contributed by atoms with Gasteiger partial charge < -0.3 is 62.3 Å². The van der Waals surface area contributed by atoms with E-state index in [1.807, 2.05) is 30.6 Å². The Kier molecular flexibility index (Phi) is 17.9. The summed E-state index contributed by atoms with van der Waals surface area (Å²) in [6.07, 6.45) is 12.7. The highest BCUT2D eigenvalue weighted by Crippen LogP contribution is 2.74. The molecule has 21 unspecified atom stereocenters. The van der Waals surface area contributed by atoms with Gasteiger partial charge in [0.15, 0.2) is 17.5 Å². The van der Waals surface area contributed by atoms with Gasteiger partial charge in [-0.25, -0.2) is 0 Å². The maximum atomic E-state index is 16.6. The second kappa shape index (κ2) is 24.8. The zero-order valence-corrected chi connectivity index (χ0v) is 51.8. The number of guanidine groups is 1. The Labute approximate surface area is 514 Å². The zero-order chi connectivity index (χ0) is 60.5. The third kappa shape index (κ3) is 10.8. The summed E-state index contributed by atoms with van der Waals surface area (Å²) in [6.45, 7) is 3.78. The number of esters is 1. The van der Waals surface area contributed by atoms with E-state index < -0.39 is 81.8 Å². The number of nitrogens with two attached hydrogens (primary N) is 2. The van der Waals surface area contributed by atoms with Crippen molar-refractivity contribution in [3.05, 3.63) is 76.8 Å². The molecule has 21 atom stereocenters. The Bertz CT molecular complexity index is 2990. The van der Waals surface area contributed by atoms with Crippen molar-refractivity contribution in [3.8, 4) is 17.6 Å². The molecule has 7 fully saturated rings. The number of carbonyl (C=O) groups excluding carboxylic acids is 3. The Morgan fingerprint density at radius 1 is 0.907 bits per heavy atom. The molecule has 0 amide bonds. The van der Waals surface area contributed by atoms with Crippen LogP contribution >= 0.6 is 21.6 Å². The highest BCUT2D eigenvalue weighted by Gasteiger charge is 2.76. The fraction of sp³-hybridized carbons (Fsp3) is 0.706. The van der Waals surface area contributed by atoms with Gasteiger partial charge in [-0.1, -0.05) is 77.5 Å². The van der Waals surface area contributed by atoms with Crippen molar-refractivity contribution in [2.45, 2.75) is 171 Å². The number of benzene rings is 1. The number of hydrogen-bond donors (Lipinski definition) is 11. The molecule has 1 aromatic heterocycles. The number of hydrogen-bond acceptors (Lipinski definition) is 15. The second-order valence-electron chi connectivity index (χ2n) is 28.6. The highest BCUT2D eigenvalue weighted by molar-refractivity contribution is 8.76. The van der Waals surface area contributed by atoms with Crippen LogP contribution in [0.2, 0.25) is 0 Å². The summed E-state index contributed by atoms with van der Waals surface area (Å²) in [5, 5.41) is 92.5. The molecule has 18 heteroatoms. The molecular weight excluding hydrogens is 1130 g/mol. The van der Waals surface area contributed by atoms with Gasteiger partial charge in [-0.05, 0) is 178 Å². The molecule has 0 radical (unpaired) electrons. The van der Waals surface area contributed by atoms with Crippen molar-refractivity contribution < 1.29 is 54.9 Å². The van der Waals surface area contributed by atoms with Crippen LogP contribution in [0, 0.1) is 99.6 Å². The summed E-state index contributed by atoms with van der Waals surface area (Å²) >= 11 is 0. The highest BCUT2D eigenvalue weighted by atomic mass is 33.1. The number of nitrogens with one attached hydrogen (secondary N) is 2. The van der Waals surface area contributed by atoms with Crippen LogP contribution in [-0.2, 0) is 19.1 Å². The Balaban J connectivity index is 1.04. The molecule has 10 aliphatic rings. The van der Waals surface area contributed by atoms with E-state index in [1.54, 1.807) is 40.6 Å². The normalized spacial score (nSPS) is 43.1. The minimum Gasteiger partial charge on any atom is -0.508 e. The van der Waals surface area contributed by atoms with Crippen LogP contribution in [0.5, 0.6) is 5.75 Å². The zero-order valence-electron chi connectivity index (χ0n) is 50.2. The number of aliphatic hydroxyl groups excluding tert-OH is 4. The van der Waals surface area contributed by atoms with Crippen molar-refractivity contribution >= 4 is 45.1 Å². The third-order valence-corrected chi connectivity index (χ3v) is 26.9. The molecule has 86 heavy (non-hydrogen) atoms.